The molecule has 0 fully saturated rings. The van der Waals surface area contributed by atoms with Crippen LogP contribution in [0.4, 0.5) is 0 Å². The number of rotatable bonds is 5. The molecule has 0 aliphatic rings. The van der Waals surface area contributed by atoms with Gasteiger partial charge >= 0.3 is 0 Å². The van der Waals surface area contributed by atoms with E-state index in [-0.39, 0.29) is 24.1 Å². The fourth-order valence-corrected chi connectivity index (χ4v) is 2.47. The molecule has 0 saturated carbocycles. The van der Waals surface area contributed by atoms with E-state index in [2.05, 4.69) is 31.5 Å². The van der Waals surface area contributed by atoms with Gasteiger partial charge in [0.25, 0.3) is 11.8 Å². The van der Waals surface area contributed by atoms with Crippen molar-refractivity contribution in [2.75, 3.05) is 13.1 Å². The fraction of sp³-hybridized carbons (Fsp3) is 0.118. The maximum Gasteiger partial charge on any atom is 0.287 e. The Balaban J connectivity index is 1.50. The normalized spacial score (nSPS) is 10.5. The van der Waals surface area contributed by atoms with E-state index in [9.17, 15) is 9.59 Å². The third-order valence-corrected chi connectivity index (χ3v) is 3.75. The van der Waals surface area contributed by atoms with Crippen molar-refractivity contribution in [3.05, 3.63) is 64.7 Å². The first kappa shape index (κ1) is 16.2. The van der Waals surface area contributed by atoms with Gasteiger partial charge in [-0.1, -0.05) is 24.3 Å². The number of para-hydroxylation sites is 1. The fourth-order valence-electron chi connectivity index (χ4n) is 2.16. The summed E-state index contributed by atoms with van der Waals surface area (Å²) in [6.07, 6.45) is 0. The highest BCUT2D eigenvalue weighted by Crippen LogP contribution is 2.13. The van der Waals surface area contributed by atoms with Crippen LogP contribution in [0.2, 0.25) is 0 Å². The molecular formula is C17H14BrN3O3. The smallest absolute Gasteiger partial charge is 0.287 e. The third-order valence-electron chi connectivity index (χ3n) is 3.32. The monoisotopic (exact) mass is 387 g/mol. The molecule has 0 bridgehead atoms. The van der Waals surface area contributed by atoms with Crippen molar-refractivity contribution in [2.45, 2.75) is 0 Å². The van der Waals surface area contributed by atoms with Crippen LogP contribution >= 0.6 is 15.9 Å². The van der Waals surface area contributed by atoms with Crippen molar-refractivity contribution < 1.29 is 14.0 Å². The second-order valence-corrected chi connectivity index (χ2v) is 5.79. The van der Waals surface area contributed by atoms with Gasteiger partial charge in [0, 0.05) is 18.5 Å². The van der Waals surface area contributed by atoms with Gasteiger partial charge in [0.1, 0.15) is 5.69 Å². The van der Waals surface area contributed by atoms with Gasteiger partial charge in [-0.2, -0.15) is 0 Å². The van der Waals surface area contributed by atoms with Crippen LogP contribution in [0.5, 0.6) is 0 Å². The van der Waals surface area contributed by atoms with Crippen LogP contribution in [0.15, 0.2) is 57.6 Å². The number of carbonyl (C=O) groups excluding carboxylic acids is 2. The van der Waals surface area contributed by atoms with Crippen molar-refractivity contribution in [1.82, 2.24) is 15.6 Å². The maximum atomic E-state index is 12.1. The predicted molar refractivity (Wildman–Crippen MR) is 92.8 cm³/mol. The lowest BCUT2D eigenvalue weighted by Gasteiger charge is -2.06. The minimum Gasteiger partial charge on any atom is -0.444 e. The zero-order chi connectivity index (χ0) is 16.9. The average Bonchev–Trinajstić information content (AvgIpc) is 3.04. The predicted octanol–water partition coefficient (Wildman–Crippen LogP) is 2.75. The largest absolute Gasteiger partial charge is 0.444 e. The van der Waals surface area contributed by atoms with Crippen molar-refractivity contribution in [1.29, 1.82) is 0 Å². The van der Waals surface area contributed by atoms with Gasteiger partial charge < -0.3 is 15.1 Å². The zero-order valence-electron chi connectivity index (χ0n) is 12.6. The molecule has 0 atom stereocenters. The van der Waals surface area contributed by atoms with Crippen LogP contribution in [0.1, 0.15) is 21.0 Å². The number of halogens is 1. The summed E-state index contributed by atoms with van der Waals surface area (Å²) in [5.41, 5.74) is 1.11. The summed E-state index contributed by atoms with van der Waals surface area (Å²) in [6, 6.07) is 14.3. The molecule has 1 aromatic carbocycles. The number of nitrogens with one attached hydrogen (secondary N) is 2. The van der Waals surface area contributed by atoms with Crippen LogP contribution in [0, 0.1) is 0 Å². The Kier molecular flexibility index (Phi) is 4.90. The number of hydrogen-bond acceptors (Lipinski definition) is 4. The van der Waals surface area contributed by atoms with E-state index < -0.39 is 0 Å². The summed E-state index contributed by atoms with van der Waals surface area (Å²) in [6.45, 7) is 0.581. The molecule has 0 aliphatic carbocycles. The zero-order valence-corrected chi connectivity index (χ0v) is 14.2. The van der Waals surface area contributed by atoms with Crippen LogP contribution in [0.3, 0.4) is 0 Å². The number of hydrogen-bond donors (Lipinski definition) is 2. The number of furan rings is 1. The van der Waals surface area contributed by atoms with Gasteiger partial charge in [0.2, 0.25) is 0 Å². The molecule has 2 heterocycles. The second-order valence-electron chi connectivity index (χ2n) is 5.00. The van der Waals surface area contributed by atoms with Gasteiger partial charge in [-0.3, -0.25) is 9.59 Å². The SMILES string of the molecule is O=C(NCCNC(=O)c1ccc(Br)o1)c1ccc2ccccc2n1. The van der Waals surface area contributed by atoms with Crippen molar-refractivity contribution in [3.8, 4) is 0 Å². The highest BCUT2D eigenvalue weighted by Gasteiger charge is 2.10. The molecule has 0 saturated heterocycles. The topological polar surface area (TPSA) is 84.2 Å². The minimum absolute atomic E-state index is 0.212. The van der Waals surface area contributed by atoms with E-state index in [0.717, 1.165) is 10.9 Å². The Bertz CT molecular complexity index is 891. The number of pyridine rings is 1. The Morgan fingerprint density at radius 3 is 2.46 bits per heavy atom. The molecule has 7 heteroatoms. The highest BCUT2D eigenvalue weighted by molar-refractivity contribution is 9.10. The van der Waals surface area contributed by atoms with Gasteiger partial charge in [-0.05, 0) is 40.2 Å². The van der Waals surface area contributed by atoms with Crippen molar-refractivity contribution >= 4 is 38.6 Å². The molecule has 2 aromatic heterocycles. The number of benzene rings is 1. The van der Waals surface area contributed by atoms with Gasteiger partial charge in [-0.15, -0.1) is 0 Å². The summed E-state index contributed by atoms with van der Waals surface area (Å²) in [4.78, 5) is 28.2. The molecule has 3 rings (SSSR count). The van der Waals surface area contributed by atoms with Crippen LogP contribution < -0.4 is 10.6 Å². The maximum absolute atomic E-state index is 12.1. The van der Waals surface area contributed by atoms with E-state index in [4.69, 9.17) is 4.42 Å². The lowest BCUT2D eigenvalue weighted by atomic mass is 10.2. The van der Waals surface area contributed by atoms with Gasteiger partial charge in [0.15, 0.2) is 10.4 Å². The van der Waals surface area contributed by atoms with Crippen LogP contribution in [0.25, 0.3) is 10.9 Å². The quantitative estimate of drug-likeness (QED) is 0.659. The molecule has 122 valence electrons. The summed E-state index contributed by atoms with van der Waals surface area (Å²) < 4.78 is 5.63. The molecule has 0 radical (unpaired) electrons. The Morgan fingerprint density at radius 2 is 1.71 bits per heavy atom. The second kappa shape index (κ2) is 7.27. The van der Waals surface area contributed by atoms with Gasteiger partial charge in [0.05, 0.1) is 5.52 Å². The Labute approximate surface area is 146 Å². The number of aromatic nitrogens is 1. The standard InChI is InChI=1S/C17H14BrN3O3/c18-15-8-7-14(24-15)17(23)20-10-9-19-16(22)13-6-5-11-3-1-2-4-12(11)21-13/h1-8H,9-10H2,(H,19,22)(H,20,23). The highest BCUT2D eigenvalue weighted by atomic mass is 79.9. The van der Waals surface area contributed by atoms with E-state index in [1.165, 1.54) is 0 Å². The molecule has 2 N–H and O–H groups in total. The summed E-state index contributed by atoms with van der Waals surface area (Å²) in [7, 11) is 0. The average molecular weight is 388 g/mol. The van der Waals surface area contributed by atoms with E-state index in [1.54, 1.807) is 18.2 Å². The number of nitrogens with zero attached hydrogens (tertiary/aromatic N) is 1. The molecule has 0 spiro atoms. The van der Waals surface area contributed by atoms with Gasteiger partial charge in [-0.25, -0.2) is 4.98 Å². The molecule has 0 unspecified atom stereocenters. The molecular weight excluding hydrogens is 374 g/mol. The Hall–Kier alpha value is -2.67. The molecule has 0 aliphatic heterocycles. The lowest BCUT2D eigenvalue weighted by Crippen LogP contribution is -2.34. The van der Waals surface area contributed by atoms with Crippen LogP contribution in [-0.2, 0) is 0 Å². The van der Waals surface area contributed by atoms with Crippen molar-refractivity contribution in [3.63, 3.8) is 0 Å². The molecule has 3 aromatic rings. The van der Waals surface area contributed by atoms with Crippen molar-refractivity contribution in [2.24, 2.45) is 0 Å². The third kappa shape index (κ3) is 3.80. The van der Waals surface area contributed by atoms with E-state index >= 15 is 0 Å². The number of amides is 2. The number of fused-ring (bicyclic) bond motifs is 1. The first-order valence-electron chi connectivity index (χ1n) is 7.31. The molecule has 6 nitrogen and oxygen atoms in total. The number of carbonyl (C=O) groups is 2. The summed E-state index contributed by atoms with van der Waals surface area (Å²) in [5.74, 6) is -0.404. The molecule has 24 heavy (non-hydrogen) atoms. The Morgan fingerprint density at radius 1 is 0.958 bits per heavy atom. The molecule has 2 amide bonds. The summed E-state index contributed by atoms with van der Waals surface area (Å²) >= 11 is 3.13. The lowest BCUT2D eigenvalue weighted by molar-refractivity contribution is 0.0908. The van der Waals surface area contributed by atoms with E-state index in [0.29, 0.717) is 16.9 Å². The van der Waals surface area contributed by atoms with Crippen LogP contribution in [-0.4, -0.2) is 29.9 Å². The first-order valence-corrected chi connectivity index (χ1v) is 8.10. The van der Waals surface area contributed by atoms with E-state index in [1.807, 2.05) is 30.3 Å². The minimum atomic E-state index is -0.334. The first-order chi connectivity index (χ1) is 11.6. The summed E-state index contributed by atoms with van der Waals surface area (Å²) in [5, 5.41) is 6.36.